The van der Waals surface area contributed by atoms with Crippen LogP contribution < -0.4 is 4.90 Å². The van der Waals surface area contributed by atoms with E-state index in [0.29, 0.717) is 17.2 Å². The molecule has 2 heterocycles. The number of non-ortho nitro benzene ring substituents is 1. The number of benzene rings is 1. The van der Waals surface area contributed by atoms with E-state index in [1.165, 1.54) is 29.2 Å². The van der Waals surface area contributed by atoms with Crippen molar-refractivity contribution in [1.82, 2.24) is 9.97 Å². The third-order valence-electron chi connectivity index (χ3n) is 3.48. The Balaban J connectivity index is 1.91. The van der Waals surface area contributed by atoms with Gasteiger partial charge in [0, 0.05) is 30.6 Å². The van der Waals surface area contributed by atoms with Gasteiger partial charge in [0.05, 0.1) is 4.92 Å². The molecule has 0 aliphatic carbocycles. The van der Waals surface area contributed by atoms with Crippen LogP contribution in [0.4, 0.5) is 17.3 Å². The first-order chi connectivity index (χ1) is 12.6. The average Bonchev–Trinajstić information content (AvgIpc) is 2.68. The molecule has 0 unspecified atom stereocenters. The second-order valence-corrected chi connectivity index (χ2v) is 5.23. The lowest BCUT2D eigenvalue weighted by Crippen LogP contribution is -2.25. The van der Waals surface area contributed by atoms with Crippen molar-refractivity contribution >= 4 is 29.3 Å². The molecule has 3 aromatic rings. The number of anilines is 2. The van der Waals surface area contributed by atoms with E-state index in [1.807, 2.05) is 0 Å². The zero-order valence-corrected chi connectivity index (χ0v) is 13.6. The first-order valence-electron chi connectivity index (χ1n) is 7.74. The Labute approximate surface area is 149 Å². The lowest BCUT2D eigenvalue weighted by Gasteiger charge is -2.18. The van der Waals surface area contributed by atoms with E-state index in [4.69, 9.17) is 0 Å². The van der Waals surface area contributed by atoms with Crippen LogP contribution >= 0.6 is 0 Å². The third kappa shape index (κ3) is 3.96. The number of aromatic nitrogens is 2. The molecule has 0 aliphatic rings. The number of amides is 1. The van der Waals surface area contributed by atoms with Gasteiger partial charge >= 0.3 is 0 Å². The molecule has 3 rings (SSSR count). The molecule has 26 heavy (non-hydrogen) atoms. The maximum absolute atomic E-state index is 12.8. The summed E-state index contributed by atoms with van der Waals surface area (Å²) in [5.74, 6) is 0.494. The predicted molar refractivity (Wildman–Crippen MR) is 97.8 cm³/mol. The molecule has 0 saturated carbocycles. The molecule has 128 valence electrons. The Hall–Kier alpha value is -3.87. The molecule has 1 aromatic carbocycles. The van der Waals surface area contributed by atoms with Gasteiger partial charge in [-0.1, -0.05) is 24.3 Å². The van der Waals surface area contributed by atoms with Crippen LogP contribution in [0, 0.1) is 10.1 Å². The largest absolute Gasteiger partial charge is 0.270 e. The van der Waals surface area contributed by atoms with Crippen molar-refractivity contribution in [3.63, 3.8) is 0 Å². The van der Waals surface area contributed by atoms with Gasteiger partial charge in [-0.05, 0) is 35.9 Å². The standard InChI is InChI=1S/C19H14N4O3/c24-19(11-10-15-6-5-7-16(14-15)23(25)26)22(17-8-1-3-12-20-17)18-9-2-4-13-21-18/h1-14H/b11-10+. The number of nitro groups is 1. The SMILES string of the molecule is O=C(/C=C/c1cccc([N+](=O)[O-])c1)N(c1ccccn1)c1ccccn1. The van der Waals surface area contributed by atoms with Crippen molar-refractivity contribution in [2.75, 3.05) is 4.90 Å². The molecule has 1 amide bonds. The molecule has 0 bridgehead atoms. The second-order valence-electron chi connectivity index (χ2n) is 5.23. The van der Waals surface area contributed by atoms with Gasteiger partial charge in [-0.15, -0.1) is 0 Å². The number of hydrogen-bond donors (Lipinski definition) is 0. The summed E-state index contributed by atoms with van der Waals surface area (Å²) in [4.78, 5) is 32.9. The van der Waals surface area contributed by atoms with E-state index in [-0.39, 0.29) is 11.6 Å². The summed E-state index contributed by atoms with van der Waals surface area (Å²) in [5, 5.41) is 10.9. The van der Waals surface area contributed by atoms with Crippen LogP contribution in [-0.4, -0.2) is 20.8 Å². The van der Waals surface area contributed by atoms with Gasteiger partial charge in [0.1, 0.15) is 11.6 Å². The number of hydrogen-bond acceptors (Lipinski definition) is 5. The first kappa shape index (κ1) is 17.0. The Morgan fingerprint density at radius 2 is 1.62 bits per heavy atom. The highest BCUT2D eigenvalue weighted by atomic mass is 16.6. The maximum Gasteiger partial charge on any atom is 0.270 e. The Kier molecular flexibility index (Phi) is 5.09. The highest BCUT2D eigenvalue weighted by molar-refractivity contribution is 6.07. The topological polar surface area (TPSA) is 89.2 Å². The molecule has 0 aliphatic heterocycles. The third-order valence-corrected chi connectivity index (χ3v) is 3.48. The minimum Gasteiger partial charge on any atom is -0.269 e. The molecule has 0 atom stereocenters. The highest BCUT2D eigenvalue weighted by Crippen LogP contribution is 2.22. The van der Waals surface area contributed by atoms with E-state index in [9.17, 15) is 14.9 Å². The molecule has 0 radical (unpaired) electrons. The van der Waals surface area contributed by atoms with E-state index in [2.05, 4.69) is 9.97 Å². The second kappa shape index (κ2) is 7.80. The Morgan fingerprint density at radius 1 is 0.962 bits per heavy atom. The minimum absolute atomic E-state index is 0.0362. The van der Waals surface area contributed by atoms with Crippen LogP contribution in [0.1, 0.15) is 5.56 Å². The molecule has 0 saturated heterocycles. The zero-order valence-electron chi connectivity index (χ0n) is 13.6. The molecule has 2 aromatic heterocycles. The van der Waals surface area contributed by atoms with E-state index in [1.54, 1.807) is 60.9 Å². The fraction of sp³-hybridized carbons (Fsp3) is 0. The van der Waals surface area contributed by atoms with Gasteiger partial charge in [-0.3, -0.25) is 14.9 Å². The normalized spacial score (nSPS) is 10.6. The maximum atomic E-state index is 12.8. The number of carbonyl (C=O) groups is 1. The van der Waals surface area contributed by atoms with Crippen LogP contribution in [0.2, 0.25) is 0 Å². The quantitative estimate of drug-likeness (QED) is 0.399. The fourth-order valence-electron chi connectivity index (χ4n) is 2.30. The number of rotatable bonds is 5. The van der Waals surface area contributed by atoms with E-state index >= 15 is 0 Å². The van der Waals surface area contributed by atoms with Crippen molar-refractivity contribution in [2.45, 2.75) is 0 Å². The summed E-state index contributed by atoms with van der Waals surface area (Å²) in [6.07, 6.45) is 6.03. The lowest BCUT2D eigenvalue weighted by molar-refractivity contribution is -0.384. The van der Waals surface area contributed by atoms with Gasteiger partial charge in [0.2, 0.25) is 0 Å². The summed E-state index contributed by atoms with van der Waals surface area (Å²) in [6, 6.07) is 16.5. The summed E-state index contributed by atoms with van der Waals surface area (Å²) >= 11 is 0. The van der Waals surface area contributed by atoms with E-state index in [0.717, 1.165) is 0 Å². The minimum atomic E-state index is -0.479. The monoisotopic (exact) mass is 346 g/mol. The highest BCUT2D eigenvalue weighted by Gasteiger charge is 2.17. The van der Waals surface area contributed by atoms with Crippen molar-refractivity contribution in [2.24, 2.45) is 0 Å². The fourth-order valence-corrected chi connectivity index (χ4v) is 2.30. The van der Waals surface area contributed by atoms with Crippen molar-refractivity contribution < 1.29 is 9.72 Å². The molecular formula is C19H14N4O3. The van der Waals surface area contributed by atoms with Crippen LogP contribution in [0.5, 0.6) is 0 Å². The molecule has 7 nitrogen and oxygen atoms in total. The van der Waals surface area contributed by atoms with Crippen molar-refractivity contribution in [3.05, 3.63) is 94.8 Å². The van der Waals surface area contributed by atoms with Gasteiger partial charge < -0.3 is 0 Å². The summed E-state index contributed by atoms with van der Waals surface area (Å²) < 4.78 is 0. The number of nitrogens with zero attached hydrogens (tertiary/aromatic N) is 4. The zero-order chi connectivity index (χ0) is 18.4. The number of pyridine rings is 2. The van der Waals surface area contributed by atoms with Gasteiger partial charge in [-0.25, -0.2) is 14.9 Å². The van der Waals surface area contributed by atoms with Crippen LogP contribution in [0.25, 0.3) is 6.08 Å². The summed E-state index contributed by atoms with van der Waals surface area (Å²) in [7, 11) is 0. The molecule has 0 fully saturated rings. The molecule has 0 spiro atoms. The number of nitro benzene ring substituents is 1. The Morgan fingerprint density at radius 3 is 2.15 bits per heavy atom. The number of carbonyl (C=O) groups excluding carboxylic acids is 1. The first-order valence-corrected chi connectivity index (χ1v) is 7.74. The van der Waals surface area contributed by atoms with E-state index < -0.39 is 4.92 Å². The van der Waals surface area contributed by atoms with Gasteiger partial charge in [-0.2, -0.15) is 0 Å². The molecular weight excluding hydrogens is 332 g/mol. The molecule has 7 heteroatoms. The summed E-state index contributed by atoms with van der Waals surface area (Å²) in [6.45, 7) is 0. The predicted octanol–water partition coefficient (Wildman–Crippen LogP) is 3.76. The van der Waals surface area contributed by atoms with Gasteiger partial charge in [0.25, 0.3) is 11.6 Å². The summed E-state index contributed by atoms with van der Waals surface area (Å²) in [5.41, 5.74) is 0.514. The Bertz CT molecular complexity index is 904. The van der Waals surface area contributed by atoms with Gasteiger partial charge in [0.15, 0.2) is 0 Å². The lowest BCUT2D eigenvalue weighted by atomic mass is 10.2. The van der Waals surface area contributed by atoms with Crippen molar-refractivity contribution in [1.29, 1.82) is 0 Å². The van der Waals surface area contributed by atoms with Crippen LogP contribution in [0.3, 0.4) is 0 Å². The average molecular weight is 346 g/mol. The van der Waals surface area contributed by atoms with Crippen LogP contribution in [0.15, 0.2) is 79.1 Å². The van der Waals surface area contributed by atoms with Crippen molar-refractivity contribution in [3.8, 4) is 0 Å². The van der Waals surface area contributed by atoms with Crippen LogP contribution in [-0.2, 0) is 4.79 Å². The smallest absolute Gasteiger partial charge is 0.269 e. The molecule has 0 N–H and O–H groups in total.